The van der Waals surface area contributed by atoms with Gasteiger partial charge in [-0.15, -0.1) is 0 Å². The highest BCUT2D eigenvalue weighted by molar-refractivity contribution is 7.47. The summed E-state index contributed by atoms with van der Waals surface area (Å²) >= 11 is 0. The minimum atomic E-state index is -5.30. The number of cyclic esters (lactones) is 2. The van der Waals surface area contributed by atoms with Gasteiger partial charge in [-0.05, 0) is 81.5 Å². The van der Waals surface area contributed by atoms with Crippen molar-refractivity contribution >= 4 is 108 Å². The zero-order valence-corrected chi connectivity index (χ0v) is 68.9. The lowest BCUT2D eigenvalue weighted by atomic mass is 9.88. The first-order valence-corrected chi connectivity index (χ1v) is 39.3. The minimum Gasteiger partial charge on any atom is -0.459 e. The average Bonchev–Trinajstić information content (AvgIpc) is 1.42. The molecular formula is C78H118N11O25P. The van der Waals surface area contributed by atoms with Crippen LogP contribution in [0.1, 0.15) is 154 Å². The summed E-state index contributed by atoms with van der Waals surface area (Å²) in [6.45, 7) is 21.8. The summed E-state index contributed by atoms with van der Waals surface area (Å²) in [6, 6.07) is 3.41. The fraction of sp³-hybridized carbons (Fsp3) is 0.615. The van der Waals surface area contributed by atoms with Crippen molar-refractivity contribution in [1.82, 2.24) is 46.2 Å². The van der Waals surface area contributed by atoms with Crippen molar-refractivity contribution in [3.05, 3.63) is 78.0 Å². The Labute approximate surface area is 671 Å². The number of primary amides is 1. The van der Waals surface area contributed by atoms with Crippen LogP contribution in [0.25, 0.3) is 0 Å². The number of benzene rings is 2. The number of hydrogen-bond donors (Lipinski definition) is 8. The van der Waals surface area contributed by atoms with Crippen LogP contribution in [0.15, 0.2) is 66.9 Å². The Bertz CT molecular complexity index is 3820. The molecule has 2 aromatic carbocycles. The summed E-state index contributed by atoms with van der Waals surface area (Å²) < 4.78 is 54.5. The number of likely N-dealkylation sites (tertiary alicyclic amines) is 1. The van der Waals surface area contributed by atoms with E-state index in [-0.39, 0.29) is 102 Å². The molecule has 640 valence electrons. The largest absolute Gasteiger partial charge is 0.472 e. The van der Waals surface area contributed by atoms with Crippen molar-refractivity contribution in [2.24, 2.45) is 41.2 Å². The van der Waals surface area contributed by atoms with Crippen molar-refractivity contribution in [3.8, 4) is 0 Å². The predicted molar refractivity (Wildman–Crippen MR) is 417 cm³/mol. The summed E-state index contributed by atoms with van der Waals surface area (Å²) in [4.78, 5) is 235. The number of methoxy groups -OCH3 is 1. The number of ether oxygens (including phenoxy) is 5. The van der Waals surface area contributed by atoms with E-state index in [1.165, 1.54) is 101 Å². The predicted octanol–water partition coefficient (Wildman–Crippen LogP) is 3.71. The molecule has 0 aliphatic carbocycles. The maximum atomic E-state index is 15.6. The van der Waals surface area contributed by atoms with Crippen LogP contribution in [-0.4, -0.2) is 240 Å². The second kappa shape index (κ2) is 46.6. The van der Waals surface area contributed by atoms with E-state index >= 15 is 9.59 Å². The molecule has 4 rings (SSSR count). The number of rotatable bonds is 36. The molecule has 2 aromatic rings. The number of anilines is 1. The smallest absolute Gasteiger partial charge is 0.459 e. The molecule has 0 spiro atoms. The summed E-state index contributed by atoms with van der Waals surface area (Å²) in [5.41, 5.74) is 5.66. The maximum Gasteiger partial charge on any atom is 0.472 e. The number of phosphoric acid groups is 1. The van der Waals surface area contributed by atoms with Gasteiger partial charge in [0, 0.05) is 97.8 Å². The van der Waals surface area contributed by atoms with Gasteiger partial charge in [0.1, 0.15) is 41.8 Å². The second-order valence-corrected chi connectivity index (χ2v) is 30.9. The molecule has 2 unspecified atom stereocenters. The molecule has 0 radical (unpaired) electrons. The zero-order chi connectivity index (χ0) is 85.9. The quantitative estimate of drug-likeness (QED) is 0.0120. The van der Waals surface area contributed by atoms with Gasteiger partial charge in [-0.2, -0.15) is 0 Å². The SMILES string of the molecule is C.C=C1C(=O)N[C@@H](C)C(=O)N(C)[C@@H](C)C(=O)N[C@@H]([C@H](OC(=O)[C@@H](CC(=O)CC)[C@H](OP(=O)(O)OCc2ccc(NC(=O)[C@H](CCCNC(N)=O)CC(=O)[C@@H](NC(=O)CCOCCN3C(=O)CC(C)C3=O)C(C)C)cc2)C(C)C)C(C)C)C(=O)N(C)[C@@H]([C@@H](C)OC)C(=O)O[C@H](C)[C@H](NC(C)=O)C(=O)O[C@H](Cc2ccccc2)C(=O)N1C. The lowest BCUT2D eigenvalue weighted by Crippen LogP contribution is -2.63. The van der Waals surface area contributed by atoms with Crippen molar-refractivity contribution in [1.29, 1.82) is 0 Å². The standard InChI is InChI=1S/C77H114N11O25P.CH4/c1-19-55(90)39-56(65(42(4)5)113-114(105,106)109-40-52-27-29-54(30-28-52)82-69(96)53(26-23-32-79-77(78)104)38-57(91)61(41(2)3)83-59(92)31-34-108-35-33-88-60(93)36-44(8)70(88)97)74(101)112-66(43(6)7)63-73(100)87(17)64(49(13)107-18)76(103)110-48(12)62(81-50(14)89)75(102)111-58(37-51-24-21-20-22-25-51)72(99)86(16)46(10)67(94)80-45(9)71(98)85(15)47(11)68(95)84-63;/h20-22,24-25,27-30,41-45,47-49,53,56,58,61-66H,10,19,23,26,31-40H2,1-9,11-18H3,(H,80,94)(H,81,89)(H,82,96)(H,83,92)(H,84,95)(H,105,106)(H3,78,79,104);1H4/t44?,45-,47-,48+,49+,53+,56-,58+,61-,62-,63-,64-,65+,66+;/m0./s1. The molecular weight excluding hydrogens is 1520 g/mol. The molecule has 2 fully saturated rings. The molecule has 15 atom stereocenters. The molecule has 12 amide bonds. The zero-order valence-electron chi connectivity index (χ0n) is 68.0. The number of Topliss-reactive ketones (excluding diaryl/α,β-unsaturated/α-hetero) is 2. The molecule has 115 heavy (non-hydrogen) atoms. The Balaban J connectivity index is 0.0000342. The number of likely N-dealkylation sites (N-methyl/N-ethyl adjacent to an activating group) is 3. The van der Waals surface area contributed by atoms with E-state index in [4.69, 9.17) is 38.5 Å². The van der Waals surface area contributed by atoms with E-state index < -0.39 is 212 Å². The Morgan fingerprint density at radius 2 is 1.41 bits per heavy atom. The monoisotopic (exact) mass is 1640 g/mol. The summed E-state index contributed by atoms with van der Waals surface area (Å²) in [5, 5.41) is 15.3. The third-order valence-electron chi connectivity index (χ3n) is 19.5. The molecule has 36 nitrogen and oxygen atoms in total. The number of esters is 3. The Morgan fingerprint density at radius 1 is 0.774 bits per heavy atom. The number of nitrogens with two attached hydrogens (primary N) is 1. The van der Waals surface area contributed by atoms with E-state index in [0.717, 1.165) is 40.6 Å². The highest BCUT2D eigenvalue weighted by Crippen LogP contribution is 2.48. The first kappa shape index (κ1) is 99.3. The number of carbonyl (C=O) groups excluding carboxylic acids is 16. The molecule has 2 aliphatic heterocycles. The number of ketones is 2. The molecule has 37 heteroatoms. The highest BCUT2D eigenvalue weighted by atomic mass is 31.2. The van der Waals surface area contributed by atoms with Gasteiger partial charge in [0.05, 0.1) is 50.5 Å². The van der Waals surface area contributed by atoms with Crippen LogP contribution in [0, 0.1) is 35.5 Å². The van der Waals surface area contributed by atoms with Crippen LogP contribution in [0.4, 0.5) is 10.5 Å². The van der Waals surface area contributed by atoms with Crippen LogP contribution in [-0.2, 0) is 122 Å². The minimum absolute atomic E-state index is 0. The average molecular weight is 1640 g/mol. The number of hydrogen-bond acceptors (Lipinski definition) is 24. The molecule has 9 N–H and O–H groups in total. The van der Waals surface area contributed by atoms with Gasteiger partial charge in [0.2, 0.25) is 47.3 Å². The summed E-state index contributed by atoms with van der Waals surface area (Å²) in [5.74, 6) is -18.2. The van der Waals surface area contributed by atoms with E-state index in [9.17, 15) is 76.6 Å². The normalized spacial score (nSPS) is 22.0. The lowest BCUT2D eigenvalue weighted by molar-refractivity contribution is -0.175. The fourth-order valence-corrected chi connectivity index (χ4v) is 13.5. The Hall–Kier alpha value is -9.87. The molecule has 0 bridgehead atoms. The maximum absolute atomic E-state index is 15.6. The number of nitrogens with zero attached hydrogens (tertiary/aromatic N) is 4. The van der Waals surface area contributed by atoms with Gasteiger partial charge in [-0.1, -0.05) is 112 Å². The number of carbonyl (C=O) groups is 16. The van der Waals surface area contributed by atoms with Crippen LogP contribution in [0.5, 0.6) is 0 Å². The second-order valence-electron chi connectivity index (χ2n) is 29.5. The lowest BCUT2D eigenvalue weighted by Gasteiger charge is -2.38. The molecule has 2 saturated heterocycles. The van der Waals surface area contributed by atoms with Crippen molar-refractivity contribution < 1.29 is 119 Å². The van der Waals surface area contributed by atoms with Crippen LogP contribution >= 0.6 is 7.82 Å². The van der Waals surface area contributed by atoms with E-state index in [1.807, 2.05) is 0 Å². The first-order valence-electron chi connectivity index (χ1n) is 37.8. The number of nitrogens with one attached hydrogen (secondary N) is 6. The number of phosphoric ester groups is 1. The van der Waals surface area contributed by atoms with Gasteiger partial charge in [0.15, 0.2) is 24.0 Å². The van der Waals surface area contributed by atoms with Gasteiger partial charge < -0.3 is 80.9 Å². The van der Waals surface area contributed by atoms with Crippen LogP contribution in [0.2, 0.25) is 0 Å². The number of imide groups is 1. The molecule has 0 aromatic heterocycles. The highest BCUT2D eigenvalue weighted by Gasteiger charge is 2.48. The van der Waals surface area contributed by atoms with Crippen LogP contribution in [0.3, 0.4) is 0 Å². The van der Waals surface area contributed by atoms with Crippen molar-refractivity contribution in [2.75, 3.05) is 59.9 Å². The Morgan fingerprint density at radius 3 is 1.97 bits per heavy atom. The molecule has 2 heterocycles. The van der Waals surface area contributed by atoms with Crippen LogP contribution < -0.4 is 37.6 Å². The molecule has 2 aliphatic rings. The van der Waals surface area contributed by atoms with Gasteiger partial charge in [-0.3, -0.25) is 76.3 Å². The fourth-order valence-electron chi connectivity index (χ4n) is 12.4. The first-order chi connectivity index (χ1) is 53.4. The number of amides is 12. The van der Waals surface area contributed by atoms with E-state index in [2.05, 4.69) is 38.5 Å². The summed E-state index contributed by atoms with van der Waals surface area (Å²) in [6.07, 6.45) is -9.43. The molecule has 0 saturated carbocycles. The van der Waals surface area contributed by atoms with Gasteiger partial charge >= 0.3 is 31.8 Å². The van der Waals surface area contributed by atoms with E-state index in [0.29, 0.717) is 5.56 Å². The Kier molecular flexibility index (Phi) is 40.3. The van der Waals surface area contributed by atoms with Gasteiger partial charge in [0.25, 0.3) is 11.8 Å². The third kappa shape index (κ3) is 30.0. The summed E-state index contributed by atoms with van der Waals surface area (Å²) in [7, 11) is -0.637. The van der Waals surface area contributed by atoms with E-state index in [1.54, 1.807) is 51.1 Å². The van der Waals surface area contributed by atoms with Crippen molar-refractivity contribution in [2.45, 2.75) is 222 Å². The number of urea groups is 1. The van der Waals surface area contributed by atoms with Gasteiger partial charge in [-0.25, -0.2) is 18.9 Å². The topological polar surface area (TPSA) is 486 Å². The third-order valence-corrected chi connectivity index (χ3v) is 20.4. The van der Waals surface area contributed by atoms with Crippen molar-refractivity contribution in [3.63, 3.8) is 0 Å².